The quantitative estimate of drug-likeness (QED) is 0.724. The predicted octanol–water partition coefficient (Wildman–Crippen LogP) is 1.25. The van der Waals surface area contributed by atoms with Crippen molar-refractivity contribution in [3.05, 3.63) is 30.1 Å². The predicted molar refractivity (Wildman–Crippen MR) is 53.8 cm³/mol. The van der Waals surface area contributed by atoms with Crippen molar-refractivity contribution in [2.24, 2.45) is 0 Å². The Hall–Kier alpha value is -1.38. The zero-order valence-corrected chi connectivity index (χ0v) is 8.45. The first-order valence-corrected chi connectivity index (χ1v) is 4.84. The first-order valence-electron chi connectivity index (χ1n) is 4.84. The molecule has 1 aromatic heterocycles. The van der Waals surface area contributed by atoms with Gasteiger partial charge in [0.2, 0.25) is 5.91 Å². The van der Waals surface area contributed by atoms with Gasteiger partial charge in [-0.1, -0.05) is 13.0 Å². The van der Waals surface area contributed by atoms with Crippen LogP contribution in [-0.2, 0) is 10.2 Å². The van der Waals surface area contributed by atoms with E-state index in [2.05, 4.69) is 17.2 Å². The van der Waals surface area contributed by atoms with Crippen LogP contribution in [0.5, 0.6) is 0 Å². The van der Waals surface area contributed by atoms with Crippen LogP contribution < -0.4 is 5.32 Å². The SMILES string of the molecule is CC1NC(=O)CC1(C)c1ccccn1. The fraction of sp³-hybridized carbons (Fsp3) is 0.455. The summed E-state index contributed by atoms with van der Waals surface area (Å²) in [5.41, 5.74) is 0.837. The van der Waals surface area contributed by atoms with Crippen LogP contribution in [0.3, 0.4) is 0 Å². The molecule has 1 amide bonds. The highest BCUT2D eigenvalue weighted by Gasteiger charge is 2.42. The highest BCUT2D eigenvalue weighted by atomic mass is 16.2. The lowest BCUT2D eigenvalue weighted by molar-refractivity contribution is -0.119. The lowest BCUT2D eigenvalue weighted by Gasteiger charge is -2.26. The zero-order chi connectivity index (χ0) is 10.2. The summed E-state index contributed by atoms with van der Waals surface area (Å²) in [5, 5.41) is 2.93. The third-order valence-electron chi connectivity index (χ3n) is 3.11. The van der Waals surface area contributed by atoms with Gasteiger partial charge in [-0.3, -0.25) is 9.78 Å². The molecule has 0 spiro atoms. The van der Waals surface area contributed by atoms with Gasteiger partial charge in [-0.25, -0.2) is 0 Å². The monoisotopic (exact) mass is 190 g/mol. The zero-order valence-electron chi connectivity index (χ0n) is 8.45. The maximum absolute atomic E-state index is 11.3. The molecule has 1 aliphatic heterocycles. The van der Waals surface area contributed by atoms with Crippen LogP contribution in [0.15, 0.2) is 24.4 Å². The minimum atomic E-state index is -0.154. The smallest absolute Gasteiger partial charge is 0.221 e. The topological polar surface area (TPSA) is 42.0 Å². The lowest BCUT2D eigenvalue weighted by atomic mass is 9.80. The number of hydrogen-bond acceptors (Lipinski definition) is 2. The Balaban J connectivity index is 2.38. The van der Waals surface area contributed by atoms with Gasteiger partial charge in [0.1, 0.15) is 0 Å². The Kier molecular flexibility index (Phi) is 2.02. The van der Waals surface area contributed by atoms with Crippen molar-refractivity contribution in [2.75, 3.05) is 0 Å². The summed E-state index contributed by atoms with van der Waals surface area (Å²) in [6.07, 6.45) is 2.31. The maximum atomic E-state index is 11.3. The summed E-state index contributed by atoms with van der Waals surface area (Å²) >= 11 is 0. The van der Waals surface area contributed by atoms with E-state index < -0.39 is 0 Å². The van der Waals surface area contributed by atoms with E-state index in [9.17, 15) is 4.79 Å². The Bertz CT molecular complexity index is 350. The second-order valence-electron chi connectivity index (χ2n) is 4.10. The minimum absolute atomic E-state index is 0.116. The van der Waals surface area contributed by atoms with Crippen molar-refractivity contribution in [3.63, 3.8) is 0 Å². The van der Waals surface area contributed by atoms with Gasteiger partial charge < -0.3 is 5.32 Å². The van der Waals surface area contributed by atoms with Crippen LogP contribution >= 0.6 is 0 Å². The van der Waals surface area contributed by atoms with Gasteiger partial charge >= 0.3 is 0 Å². The molecule has 0 saturated carbocycles. The van der Waals surface area contributed by atoms with Crippen molar-refractivity contribution in [3.8, 4) is 0 Å². The van der Waals surface area contributed by atoms with Gasteiger partial charge in [-0.15, -0.1) is 0 Å². The third kappa shape index (κ3) is 1.29. The highest BCUT2D eigenvalue weighted by Crippen LogP contribution is 2.33. The molecule has 2 rings (SSSR count). The van der Waals surface area contributed by atoms with E-state index in [-0.39, 0.29) is 17.4 Å². The summed E-state index contributed by atoms with van der Waals surface area (Å²) in [6.45, 7) is 4.11. The van der Waals surface area contributed by atoms with Gasteiger partial charge in [-0.05, 0) is 19.1 Å². The van der Waals surface area contributed by atoms with Crippen LogP contribution in [0.4, 0.5) is 0 Å². The number of nitrogens with one attached hydrogen (secondary N) is 1. The van der Waals surface area contributed by atoms with E-state index in [0.717, 1.165) is 5.69 Å². The second kappa shape index (κ2) is 3.08. The molecule has 0 aromatic carbocycles. The van der Waals surface area contributed by atoms with Crippen LogP contribution in [0.25, 0.3) is 0 Å². The van der Waals surface area contributed by atoms with Crippen LogP contribution in [0.2, 0.25) is 0 Å². The number of amides is 1. The Morgan fingerprint density at radius 3 is 2.86 bits per heavy atom. The number of nitrogens with zero attached hydrogens (tertiary/aromatic N) is 1. The first-order chi connectivity index (χ1) is 6.63. The Labute approximate surface area is 83.5 Å². The van der Waals surface area contributed by atoms with E-state index in [1.807, 2.05) is 25.1 Å². The molecule has 2 atom stereocenters. The van der Waals surface area contributed by atoms with Gasteiger partial charge in [-0.2, -0.15) is 0 Å². The van der Waals surface area contributed by atoms with E-state index >= 15 is 0 Å². The number of hydrogen-bond donors (Lipinski definition) is 1. The van der Waals surface area contributed by atoms with Crippen molar-refractivity contribution < 1.29 is 4.79 Å². The molecule has 1 fully saturated rings. The van der Waals surface area contributed by atoms with Gasteiger partial charge in [0.25, 0.3) is 0 Å². The van der Waals surface area contributed by atoms with Crippen molar-refractivity contribution in [1.29, 1.82) is 0 Å². The van der Waals surface area contributed by atoms with Crippen molar-refractivity contribution in [2.45, 2.75) is 31.7 Å². The van der Waals surface area contributed by atoms with E-state index in [0.29, 0.717) is 6.42 Å². The number of pyridine rings is 1. The Morgan fingerprint density at radius 1 is 1.57 bits per heavy atom. The highest BCUT2D eigenvalue weighted by molar-refractivity contribution is 5.81. The first kappa shape index (κ1) is 9.19. The average Bonchev–Trinajstić information content (AvgIpc) is 2.43. The number of rotatable bonds is 1. The van der Waals surface area contributed by atoms with Crippen LogP contribution in [-0.4, -0.2) is 16.9 Å². The molecule has 0 aliphatic carbocycles. The van der Waals surface area contributed by atoms with E-state index in [1.54, 1.807) is 6.20 Å². The average molecular weight is 190 g/mol. The summed E-state index contributed by atoms with van der Waals surface area (Å²) < 4.78 is 0. The molecule has 1 aliphatic rings. The molecular weight excluding hydrogens is 176 g/mol. The molecule has 3 heteroatoms. The number of carbonyl (C=O) groups excluding carboxylic acids is 1. The standard InChI is InChI=1S/C11H14N2O/c1-8-11(2,7-10(14)13-8)9-5-3-4-6-12-9/h3-6,8H,7H2,1-2H3,(H,13,14). The molecule has 0 radical (unpaired) electrons. The molecular formula is C11H14N2O. The van der Waals surface area contributed by atoms with Gasteiger partial charge in [0.05, 0.1) is 0 Å². The third-order valence-corrected chi connectivity index (χ3v) is 3.11. The molecule has 74 valence electrons. The number of carbonyl (C=O) groups is 1. The summed E-state index contributed by atoms with van der Waals surface area (Å²) in [4.78, 5) is 15.6. The fourth-order valence-corrected chi connectivity index (χ4v) is 1.95. The van der Waals surface area contributed by atoms with Gasteiger partial charge in [0, 0.05) is 29.8 Å². The number of aromatic nitrogens is 1. The largest absolute Gasteiger partial charge is 0.353 e. The fourth-order valence-electron chi connectivity index (χ4n) is 1.95. The van der Waals surface area contributed by atoms with Gasteiger partial charge in [0.15, 0.2) is 0 Å². The normalized spacial score (nSPS) is 31.6. The second-order valence-corrected chi connectivity index (χ2v) is 4.10. The molecule has 1 aromatic rings. The molecule has 1 N–H and O–H groups in total. The lowest BCUT2D eigenvalue weighted by Crippen LogP contribution is -2.36. The molecule has 0 bridgehead atoms. The minimum Gasteiger partial charge on any atom is -0.353 e. The molecule has 3 nitrogen and oxygen atoms in total. The molecule has 2 unspecified atom stereocenters. The maximum Gasteiger partial charge on any atom is 0.221 e. The molecule has 1 saturated heterocycles. The van der Waals surface area contributed by atoms with Crippen molar-refractivity contribution >= 4 is 5.91 Å². The summed E-state index contributed by atoms with van der Waals surface area (Å²) in [5.74, 6) is 0.116. The van der Waals surface area contributed by atoms with Crippen LogP contribution in [0.1, 0.15) is 26.0 Å². The van der Waals surface area contributed by atoms with Crippen LogP contribution in [0, 0.1) is 0 Å². The summed E-state index contributed by atoms with van der Waals surface area (Å²) in [6, 6.07) is 5.99. The molecule has 14 heavy (non-hydrogen) atoms. The van der Waals surface area contributed by atoms with Crippen molar-refractivity contribution in [1.82, 2.24) is 10.3 Å². The van der Waals surface area contributed by atoms with E-state index in [1.165, 1.54) is 0 Å². The summed E-state index contributed by atoms with van der Waals surface area (Å²) in [7, 11) is 0. The van der Waals surface area contributed by atoms with E-state index in [4.69, 9.17) is 0 Å². The molecule has 2 heterocycles. The Morgan fingerprint density at radius 2 is 2.36 bits per heavy atom.